The Labute approximate surface area is 100 Å². The minimum absolute atomic E-state index is 0.0435. The number of benzene rings is 1. The molecule has 1 heterocycles. The summed E-state index contributed by atoms with van der Waals surface area (Å²) in [5.74, 6) is 0.0435. The maximum atomic E-state index is 11.8. The van der Waals surface area contributed by atoms with Gasteiger partial charge in [-0.1, -0.05) is 18.0 Å². The van der Waals surface area contributed by atoms with E-state index < -0.39 is 0 Å². The lowest BCUT2D eigenvalue weighted by atomic mass is 10.0. The highest BCUT2D eigenvalue weighted by atomic mass is 35.5. The first-order chi connectivity index (χ1) is 7.75. The first-order valence-corrected chi connectivity index (χ1v) is 5.93. The molecule has 1 aliphatic heterocycles. The van der Waals surface area contributed by atoms with Crippen LogP contribution in [0, 0.1) is 0 Å². The first-order valence-electron chi connectivity index (χ1n) is 5.55. The molecule has 86 valence electrons. The zero-order valence-corrected chi connectivity index (χ0v) is 9.76. The monoisotopic (exact) mass is 238 g/mol. The molecule has 1 aliphatic rings. The van der Waals surface area contributed by atoms with Crippen LogP contribution in [0.5, 0.6) is 0 Å². The van der Waals surface area contributed by atoms with Crippen LogP contribution >= 0.6 is 11.6 Å². The molecule has 3 nitrogen and oxygen atoms in total. The van der Waals surface area contributed by atoms with Crippen molar-refractivity contribution < 1.29 is 4.79 Å². The van der Waals surface area contributed by atoms with Gasteiger partial charge in [-0.15, -0.1) is 0 Å². The fourth-order valence-corrected chi connectivity index (χ4v) is 1.96. The predicted molar refractivity (Wildman–Crippen MR) is 65.7 cm³/mol. The van der Waals surface area contributed by atoms with Crippen molar-refractivity contribution >= 4 is 23.2 Å². The number of hydrogen-bond donors (Lipinski definition) is 2. The second-order valence-corrected chi connectivity index (χ2v) is 4.44. The highest BCUT2D eigenvalue weighted by molar-refractivity contribution is 6.30. The second-order valence-electron chi connectivity index (χ2n) is 4.00. The van der Waals surface area contributed by atoms with Gasteiger partial charge in [0, 0.05) is 10.7 Å². The van der Waals surface area contributed by atoms with Crippen LogP contribution in [0.1, 0.15) is 19.3 Å². The van der Waals surface area contributed by atoms with E-state index in [1.807, 2.05) is 12.1 Å². The van der Waals surface area contributed by atoms with Crippen LogP contribution in [0.3, 0.4) is 0 Å². The molecule has 0 radical (unpaired) electrons. The van der Waals surface area contributed by atoms with Crippen LogP contribution < -0.4 is 10.6 Å². The molecule has 0 unspecified atom stereocenters. The third-order valence-electron chi connectivity index (χ3n) is 2.74. The Hall–Kier alpha value is -1.06. The topological polar surface area (TPSA) is 41.1 Å². The number of piperidine rings is 1. The summed E-state index contributed by atoms with van der Waals surface area (Å²) in [5, 5.41) is 6.77. The largest absolute Gasteiger partial charge is 0.325 e. The number of carbonyl (C=O) groups is 1. The lowest BCUT2D eigenvalue weighted by Gasteiger charge is -2.22. The quantitative estimate of drug-likeness (QED) is 0.831. The Balaban J connectivity index is 1.93. The highest BCUT2D eigenvalue weighted by Gasteiger charge is 2.20. The van der Waals surface area contributed by atoms with Crippen molar-refractivity contribution in [1.29, 1.82) is 0 Å². The van der Waals surface area contributed by atoms with Gasteiger partial charge in [-0.25, -0.2) is 0 Å². The Bertz CT molecular complexity index is 358. The summed E-state index contributed by atoms with van der Waals surface area (Å²) in [4.78, 5) is 11.8. The zero-order chi connectivity index (χ0) is 11.4. The Morgan fingerprint density at radius 2 is 2.06 bits per heavy atom. The van der Waals surface area contributed by atoms with Crippen molar-refractivity contribution in [1.82, 2.24) is 5.32 Å². The molecule has 1 aromatic rings. The molecule has 4 heteroatoms. The van der Waals surface area contributed by atoms with Gasteiger partial charge >= 0.3 is 0 Å². The van der Waals surface area contributed by atoms with Crippen LogP contribution in [0.15, 0.2) is 24.3 Å². The van der Waals surface area contributed by atoms with Gasteiger partial charge in [0.2, 0.25) is 5.91 Å². The molecule has 0 bridgehead atoms. The summed E-state index contributed by atoms with van der Waals surface area (Å²) < 4.78 is 0. The van der Waals surface area contributed by atoms with Crippen molar-refractivity contribution in [3.05, 3.63) is 29.3 Å². The van der Waals surface area contributed by atoms with Gasteiger partial charge in [-0.2, -0.15) is 0 Å². The molecule has 2 rings (SSSR count). The van der Waals surface area contributed by atoms with E-state index >= 15 is 0 Å². The van der Waals surface area contributed by atoms with Gasteiger partial charge in [-0.05, 0) is 43.7 Å². The average molecular weight is 239 g/mol. The Morgan fingerprint density at radius 1 is 1.31 bits per heavy atom. The van der Waals surface area contributed by atoms with E-state index in [4.69, 9.17) is 11.6 Å². The van der Waals surface area contributed by atoms with Crippen LogP contribution in [0.25, 0.3) is 0 Å². The number of amides is 1. The minimum atomic E-state index is -0.0515. The van der Waals surface area contributed by atoms with Crippen LogP contribution in [-0.4, -0.2) is 18.5 Å². The van der Waals surface area contributed by atoms with E-state index in [0.717, 1.165) is 31.5 Å². The zero-order valence-electron chi connectivity index (χ0n) is 9.00. The number of anilines is 1. The molecule has 1 amide bonds. The number of nitrogens with one attached hydrogen (secondary N) is 2. The van der Waals surface area contributed by atoms with E-state index in [1.54, 1.807) is 12.1 Å². The summed E-state index contributed by atoms with van der Waals surface area (Å²) >= 11 is 5.77. The van der Waals surface area contributed by atoms with Crippen molar-refractivity contribution in [2.75, 3.05) is 11.9 Å². The molecule has 16 heavy (non-hydrogen) atoms. The summed E-state index contributed by atoms with van der Waals surface area (Å²) in [7, 11) is 0. The fourth-order valence-electron chi connectivity index (χ4n) is 1.84. The lowest BCUT2D eigenvalue weighted by molar-refractivity contribution is -0.118. The fraction of sp³-hybridized carbons (Fsp3) is 0.417. The maximum Gasteiger partial charge on any atom is 0.241 e. The smallest absolute Gasteiger partial charge is 0.241 e. The minimum Gasteiger partial charge on any atom is -0.325 e. The maximum absolute atomic E-state index is 11.8. The van der Waals surface area contributed by atoms with E-state index in [0.29, 0.717) is 5.02 Å². The summed E-state index contributed by atoms with van der Waals surface area (Å²) in [5.41, 5.74) is 0.793. The Kier molecular flexibility index (Phi) is 3.80. The Morgan fingerprint density at radius 3 is 2.69 bits per heavy atom. The second kappa shape index (κ2) is 5.32. The molecule has 0 aliphatic carbocycles. The van der Waals surface area contributed by atoms with Crippen LogP contribution in [-0.2, 0) is 4.79 Å². The van der Waals surface area contributed by atoms with Crippen molar-refractivity contribution in [2.45, 2.75) is 25.3 Å². The SMILES string of the molecule is O=C(Nc1ccc(Cl)cc1)[C@H]1CCCCN1. The average Bonchev–Trinajstić information content (AvgIpc) is 2.33. The van der Waals surface area contributed by atoms with Crippen LogP contribution in [0.4, 0.5) is 5.69 Å². The number of carbonyl (C=O) groups excluding carboxylic acids is 1. The molecule has 1 fully saturated rings. The van der Waals surface area contributed by atoms with Gasteiger partial charge in [-0.3, -0.25) is 4.79 Å². The number of rotatable bonds is 2. The van der Waals surface area contributed by atoms with Gasteiger partial charge in [0.1, 0.15) is 0 Å². The summed E-state index contributed by atoms with van der Waals surface area (Å²) in [6.07, 6.45) is 3.19. The number of hydrogen-bond acceptors (Lipinski definition) is 2. The lowest BCUT2D eigenvalue weighted by Crippen LogP contribution is -2.43. The molecule has 0 spiro atoms. The first kappa shape index (κ1) is 11.4. The molecule has 1 atom stereocenters. The predicted octanol–water partition coefficient (Wildman–Crippen LogP) is 2.42. The van der Waals surface area contributed by atoms with Crippen molar-refractivity contribution in [2.24, 2.45) is 0 Å². The van der Waals surface area contributed by atoms with Gasteiger partial charge in [0.15, 0.2) is 0 Å². The van der Waals surface area contributed by atoms with E-state index in [2.05, 4.69) is 10.6 Å². The molecule has 2 N–H and O–H groups in total. The van der Waals surface area contributed by atoms with E-state index in [1.165, 1.54) is 0 Å². The summed E-state index contributed by atoms with van der Waals surface area (Å²) in [6, 6.07) is 7.10. The standard InChI is InChI=1S/C12H15ClN2O/c13-9-4-6-10(7-5-9)15-12(16)11-3-1-2-8-14-11/h4-7,11,14H,1-3,8H2,(H,15,16)/t11-/m1/s1. The van der Waals surface area contributed by atoms with E-state index in [-0.39, 0.29) is 11.9 Å². The third-order valence-corrected chi connectivity index (χ3v) is 2.99. The molecular formula is C12H15ClN2O. The normalized spacial score (nSPS) is 20.4. The highest BCUT2D eigenvalue weighted by Crippen LogP contribution is 2.15. The van der Waals surface area contributed by atoms with Gasteiger partial charge in [0.05, 0.1) is 6.04 Å². The molecular weight excluding hydrogens is 224 g/mol. The van der Waals surface area contributed by atoms with Crippen molar-refractivity contribution in [3.63, 3.8) is 0 Å². The molecule has 0 aromatic heterocycles. The molecule has 0 saturated carbocycles. The molecule has 1 saturated heterocycles. The molecule has 1 aromatic carbocycles. The number of halogens is 1. The van der Waals surface area contributed by atoms with Crippen LogP contribution in [0.2, 0.25) is 5.02 Å². The third kappa shape index (κ3) is 2.97. The summed E-state index contributed by atoms with van der Waals surface area (Å²) in [6.45, 7) is 0.929. The van der Waals surface area contributed by atoms with Crippen molar-refractivity contribution in [3.8, 4) is 0 Å². The van der Waals surface area contributed by atoms with Gasteiger partial charge in [0.25, 0.3) is 0 Å². The van der Waals surface area contributed by atoms with E-state index in [9.17, 15) is 4.79 Å². The van der Waals surface area contributed by atoms with Gasteiger partial charge < -0.3 is 10.6 Å².